The molecule has 0 radical (unpaired) electrons. The highest BCUT2D eigenvalue weighted by Gasteiger charge is 2.35. The lowest BCUT2D eigenvalue weighted by Gasteiger charge is -2.16. The minimum Gasteiger partial charge on any atom is -0.473 e. The van der Waals surface area contributed by atoms with Crippen LogP contribution in [0.25, 0.3) is 0 Å². The van der Waals surface area contributed by atoms with Crippen LogP contribution < -0.4 is 0 Å². The van der Waals surface area contributed by atoms with Crippen molar-refractivity contribution in [2.24, 2.45) is 4.99 Å². The number of benzene rings is 1. The number of rotatable bonds is 4. The van der Waals surface area contributed by atoms with Crippen LogP contribution in [-0.4, -0.2) is 25.0 Å². The normalized spacial score (nSPS) is 25.1. The smallest absolute Gasteiger partial charge is 0.335 e. The molecule has 2 aliphatic rings. The molecule has 0 spiro atoms. The first-order valence-electron chi connectivity index (χ1n) is 6.73. The highest BCUT2D eigenvalue weighted by atomic mass is 16.5. The molecule has 1 aliphatic heterocycles. The van der Waals surface area contributed by atoms with Crippen LogP contribution in [-0.2, 0) is 14.3 Å². The van der Waals surface area contributed by atoms with Gasteiger partial charge in [-0.3, -0.25) is 0 Å². The van der Waals surface area contributed by atoms with Crippen molar-refractivity contribution < 1.29 is 14.3 Å². The molecule has 0 aromatic heterocycles. The standard InChI is InChI=1S/C15H17NO3/c1-2-18-15(17)13-14(19-9-16-13)12-7-5-11(6-8-12)10-3-4-10/h5-10,13-14H,2-4H2,1H3. The predicted molar refractivity (Wildman–Crippen MR) is 71.2 cm³/mol. The molecule has 1 aromatic carbocycles. The van der Waals surface area contributed by atoms with Gasteiger partial charge in [-0.25, -0.2) is 9.79 Å². The van der Waals surface area contributed by atoms with Crippen molar-refractivity contribution in [2.75, 3.05) is 6.61 Å². The van der Waals surface area contributed by atoms with Crippen LogP contribution in [0.5, 0.6) is 0 Å². The van der Waals surface area contributed by atoms with Crippen molar-refractivity contribution in [3.8, 4) is 0 Å². The number of aliphatic imine (C=N–C) groups is 1. The molecular formula is C15H17NO3. The first kappa shape index (κ1) is 12.2. The summed E-state index contributed by atoms with van der Waals surface area (Å²) in [6.07, 6.45) is 3.57. The topological polar surface area (TPSA) is 47.9 Å². The molecule has 2 atom stereocenters. The Morgan fingerprint density at radius 3 is 2.63 bits per heavy atom. The van der Waals surface area contributed by atoms with Gasteiger partial charge in [-0.2, -0.15) is 0 Å². The summed E-state index contributed by atoms with van der Waals surface area (Å²) in [6.45, 7) is 2.15. The van der Waals surface area contributed by atoms with Crippen LogP contribution in [0.1, 0.15) is 42.9 Å². The molecule has 0 saturated heterocycles. The average Bonchev–Trinajstić information content (AvgIpc) is 3.16. The molecule has 100 valence electrons. The molecule has 0 amide bonds. The zero-order valence-electron chi connectivity index (χ0n) is 10.9. The second kappa shape index (κ2) is 5.03. The lowest BCUT2D eigenvalue weighted by molar-refractivity contribution is -0.146. The van der Waals surface area contributed by atoms with E-state index in [0.717, 1.165) is 11.5 Å². The van der Waals surface area contributed by atoms with Gasteiger partial charge >= 0.3 is 5.97 Å². The van der Waals surface area contributed by atoms with Gasteiger partial charge in [-0.15, -0.1) is 0 Å². The quantitative estimate of drug-likeness (QED) is 0.781. The van der Waals surface area contributed by atoms with E-state index in [9.17, 15) is 4.79 Å². The number of carbonyl (C=O) groups excluding carboxylic acids is 1. The van der Waals surface area contributed by atoms with Crippen molar-refractivity contribution in [3.63, 3.8) is 0 Å². The number of hydrogen-bond acceptors (Lipinski definition) is 4. The first-order valence-corrected chi connectivity index (χ1v) is 6.73. The summed E-state index contributed by atoms with van der Waals surface area (Å²) in [5.41, 5.74) is 2.34. The fourth-order valence-corrected chi connectivity index (χ4v) is 2.37. The largest absolute Gasteiger partial charge is 0.473 e. The lowest BCUT2D eigenvalue weighted by atomic mass is 10.0. The van der Waals surface area contributed by atoms with Gasteiger partial charge in [0.25, 0.3) is 0 Å². The van der Waals surface area contributed by atoms with E-state index in [2.05, 4.69) is 17.1 Å². The molecule has 1 aliphatic carbocycles. The SMILES string of the molecule is CCOC(=O)C1N=COC1c1ccc(C2CC2)cc1. The van der Waals surface area contributed by atoms with Crippen molar-refractivity contribution in [1.82, 2.24) is 0 Å². The van der Waals surface area contributed by atoms with Gasteiger partial charge in [-0.05, 0) is 36.8 Å². The molecule has 19 heavy (non-hydrogen) atoms. The molecular weight excluding hydrogens is 242 g/mol. The van der Waals surface area contributed by atoms with Crippen LogP contribution in [0.4, 0.5) is 0 Å². The number of nitrogens with zero attached hydrogens (tertiary/aromatic N) is 1. The second-order valence-electron chi connectivity index (χ2n) is 4.95. The van der Waals surface area contributed by atoms with Gasteiger partial charge in [0.15, 0.2) is 18.5 Å². The van der Waals surface area contributed by atoms with Crippen molar-refractivity contribution >= 4 is 12.4 Å². The number of esters is 1. The van der Waals surface area contributed by atoms with Gasteiger partial charge in [-0.1, -0.05) is 24.3 Å². The summed E-state index contributed by atoms with van der Waals surface area (Å²) in [4.78, 5) is 15.9. The van der Waals surface area contributed by atoms with E-state index in [0.29, 0.717) is 6.61 Å². The van der Waals surface area contributed by atoms with Crippen LogP contribution in [0.15, 0.2) is 29.3 Å². The van der Waals surface area contributed by atoms with Crippen LogP contribution in [0.2, 0.25) is 0 Å². The third-order valence-corrected chi connectivity index (χ3v) is 3.56. The van der Waals surface area contributed by atoms with E-state index >= 15 is 0 Å². The summed E-state index contributed by atoms with van der Waals surface area (Å²) in [5.74, 6) is 0.406. The third kappa shape index (κ3) is 2.48. The Balaban J connectivity index is 1.75. The molecule has 3 rings (SSSR count). The first-order chi connectivity index (χ1) is 9.29. The van der Waals surface area contributed by atoms with Crippen molar-refractivity contribution in [2.45, 2.75) is 37.8 Å². The van der Waals surface area contributed by atoms with Crippen molar-refractivity contribution in [3.05, 3.63) is 35.4 Å². The Hall–Kier alpha value is -1.84. The Morgan fingerprint density at radius 1 is 1.32 bits per heavy atom. The molecule has 0 bridgehead atoms. The zero-order chi connectivity index (χ0) is 13.2. The van der Waals surface area contributed by atoms with Gasteiger partial charge in [0.2, 0.25) is 0 Å². The zero-order valence-corrected chi connectivity index (χ0v) is 10.9. The highest BCUT2D eigenvalue weighted by Crippen LogP contribution is 2.40. The Kier molecular flexibility index (Phi) is 3.23. The van der Waals surface area contributed by atoms with Crippen LogP contribution in [0.3, 0.4) is 0 Å². The minimum atomic E-state index is -0.577. The highest BCUT2D eigenvalue weighted by molar-refractivity contribution is 5.80. The maximum Gasteiger partial charge on any atom is 0.335 e. The number of carbonyl (C=O) groups is 1. The van der Waals surface area contributed by atoms with Gasteiger partial charge in [0, 0.05) is 0 Å². The summed E-state index contributed by atoms with van der Waals surface area (Å²) >= 11 is 0. The Morgan fingerprint density at radius 2 is 2.00 bits per heavy atom. The Labute approximate surface area is 112 Å². The summed E-state index contributed by atoms with van der Waals surface area (Å²) < 4.78 is 10.5. The maximum atomic E-state index is 11.8. The van der Waals surface area contributed by atoms with E-state index in [-0.39, 0.29) is 12.1 Å². The van der Waals surface area contributed by atoms with Gasteiger partial charge in [0.05, 0.1) is 6.61 Å². The molecule has 4 heteroatoms. The maximum absolute atomic E-state index is 11.8. The van der Waals surface area contributed by atoms with E-state index in [1.165, 1.54) is 24.8 Å². The Bertz CT molecular complexity index is 491. The minimum absolute atomic E-state index is 0.326. The molecule has 1 saturated carbocycles. The van der Waals surface area contributed by atoms with E-state index < -0.39 is 6.04 Å². The summed E-state index contributed by atoms with van der Waals surface area (Å²) in [6, 6.07) is 7.72. The average molecular weight is 259 g/mol. The van der Waals surface area contributed by atoms with E-state index in [1.807, 2.05) is 12.1 Å². The summed E-state index contributed by atoms with van der Waals surface area (Å²) in [7, 11) is 0. The monoisotopic (exact) mass is 259 g/mol. The third-order valence-electron chi connectivity index (χ3n) is 3.56. The molecule has 2 unspecified atom stereocenters. The lowest BCUT2D eigenvalue weighted by Crippen LogP contribution is -2.26. The van der Waals surface area contributed by atoms with Crippen molar-refractivity contribution in [1.29, 1.82) is 0 Å². The molecule has 1 heterocycles. The predicted octanol–water partition coefficient (Wildman–Crippen LogP) is 2.60. The molecule has 4 nitrogen and oxygen atoms in total. The molecule has 0 N–H and O–H groups in total. The second-order valence-corrected chi connectivity index (χ2v) is 4.95. The van der Waals surface area contributed by atoms with E-state index in [4.69, 9.17) is 9.47 Å². The fraction of sp³-hybridized carbons (Fsp3) is 0.467. The van der Waals surface area contributed by atoms with Crippen LogP contribution in [0, 0.1) is 0 Å². The molecule has 1 fully saturated rings. The van der Waals surface area contributed by atoms with Gasteiger partial charge < -0.3 is 9.47 Å². The number of hydrogen-bond donors (Lipinski definition) is 0. The number of ether oxygens (including phenoxy) is 2. The summed E-state index contributed by atoms with van der Waals surface area (Å²) in [5, 5.41) is 0. The molecule has 1 aromatic rings. The van der Waals surface area contributed by atoms with Crippen LogP contribution >= 0.6 is 0 Å². The van der Waals surface area contributed by atoms with E-state index in [1.54, 1.807) is 6.92 Å². The fourth-order valence-electron chi connectivity index (χ4n) is 2.37. The van der Waals surface area contributed by atoms with Gasteiger partial charge in [0.1, 0.15) is 0 Å².